The van der Waals surface area contributed by atoms with E-state index in [9.17, 15) is 20.1 Å². The monoisotopic (exact) mass is 630 g/mol. The van der Waals surface area contributed by atoms with Gasteiger partial charge in [-0.25, -0.2) is 0 Å². The first-order valence-electron chi connectivity index (χ1n) is 18.2. The second kappa shape index (κ2) is 10.6. The molecule has 5 fully saturated rings. The fraction of sp³-hybridized carbons (Fsp3) is 0.725. The van der Waals surface area contributed by atoms with Gasteiger partial charge in [0.2, 0.25) is 0 Å². The summed E-state index contributed by atoms with van der Waals surface area (Å²) >= 11 is 0. The minimum absolute atomic E-state index is 0.135. The first-order valence-corrected chi connectivity index (χ1v) is 18.2. The zero-order valence-electron chi connectivity index (χ0n) is 28.2. The Balaban J connectivity index is 1.10. The fourth-order valence-electron chi connectivity index (χ4n) is 12.4. The van der Waals surface area contributed by atoms with Crippen molar-refractivity contribution in [3.05, 3.63) is 59.7 Å². The summed E-state index contributed by atoms with van der Waals surface area (Å²) in [5.74, 6) is 0.904. The summed E-state index contributed by atoms with van der Waals surface area (Å²) in [5.41, 5.74) is -1.57. The largest absolute Gasteiger partial charge is 0.387 e. The number of carbonyl (C=O) groups is 1. The number of fused-ring (bicyclic) bond motifs is 6. The second-order valence-electron chi connectivity index (χ2n) is 17.3. The summed E-state index contributed by atoms with van der Waals surface area (Å²) in [6.45, 7) is 9.58. The molecule has 6 heteroatoms. The van der Waals surface area contributed by atoms with Gasteiger partial charge < -0.3 is 24.8 Å². The summed E-state index contributed by atoms with van der Waals surface area (Å²) in [6, 6.07) is 10.5. The molecule has 7 aliphatic rings. The lowest BCUT2D eigenvalue weighted by atomic mass is 9.39. The summed E-state index contributed by atoms with van der Waals surface area (Å²) in [5, 5.41) is 37.0. The predicted octanol–water partition coefficient (Wildman–Crippen LogP) is 6.14. The Bertz CT molecular complexity index is 1430. The van der Waals surface area contributed by atoms with Gasteiger partial charge in [-0.3, -0.25) is 4.79 Å². The quantitative estimate of drug-likeness (QED) is 0.346. The standard InChI is InChI=1S/C40H54O6/c1-24-22-45-34(25(24)2)35(42)37(4,43)32-13-16-40(44)29-19-31(41)30-21-38(15-12-28(23-46-38)26-9-6-5-7-10-26)18-17-36(30,3)33(29)27-11-8-14-39(32,40)20-27/h5-7,9-10,12,15,19,24-25,27-28,30,32-35,42-44H,8,11,13-14,16-18,20-23H2,1-4H3/t24-,25-,27+,28+,30-,32+,33-,34+,35-,36+,37+,38+,39+,40+/m1/s1. The van der Waals surface area contributed by atoms with E-state index in [1.165, 1.54) is 5.56 Å². The minimum Gasteiger partial charge on any atom is -0.387 e. The Hall–Kier alpha value is -1.83. The molecule has 0 radical (unpaired) electrons. The summed E-state index contributed by atoms with van der Waals surface area (Å²) in [6.07, 6.45) is 12.3. The van der Waals surface area contributed by atoms with Crippen molar-refractivity contribution in [3.63, 3.8) is 0 Å². The Kier molecular flexibility index (Phi) is 7.23. The highest BCUT2D eigenvalue weighted by atomic mass is 16.5. The molecular formula is C40H54O6. The van der Waals surface area contributed by atoms with Crippen LogP contribution in [0.25, 0.3) is 0 Å². The fourth-order valence-corrected chi connectivity index (χ4v) is 12.4. The van der Waals surface area contributed by atoms with E-state index in [2.05, 4.69) is 57.2 Å². The van der Waals surface area contributed by atoms with Crippen LogP contribution in [-0.2, 0) is 14.3 Å². The molecule has 0 amide bonds. The Morgan fingerprint density at radius 3 is 2.50 bits per heavy atom. The molecule has 3 N–H and O–H groups in total. The molecule has 6 nitrogen and oxygen atoms in total. The molecule has 2 heterocycles. The van der Waals surface area contributed by atoms with Crippen molar-refractivity contribution in [2.75, 3.05) is 13.2 Å². The molecule has 1 aromatic carbocycles. The highest BCUT2D eigenvalue weighted by Gasteiger charge is 2.73. The molecule has 5 aliphatic carbocycles. The van der Waals surface area contributed by atoms with Gasteiger partial charge in [0.15, 0.2) is 5.78 Å². The van der Waals surface area contributed by atoms with Crippen LogP contribution in [0.4, 0.5) is 0 Å². The first-order chi connectivity index (χ1) is 21.9. The smallest absolute Gasteiger partial charge is 0.159 e. The van der Waals surface area contributed by atoms with Gasteiger partial charge in [0, 0.05) is 23.9 Å². The van der Waals surface area contributed by atoms with Crippen molar-refractivity contribution >= 4 is 5.78 Å². The maximum Gasteiger partial charge on any atom is 0.159 e. The van der Waals surface area contributed by atoms with E-state index in [-0.39, 0.29) is 40.8 Å². The Morgan fingerprint density at radius 1 is 1.02 bits per heavy atom. The van der Waals surface area contributed by atoms with Gasteiger partial charge in [0.1, 0.15) is 6.10 Å². The van der Waals surface area contributed by atoms with Crippen LogP contribution in [0, 0.1) is 46.3 Å². The predicted molar refractivity (Wildman–Crippen MR) is 176 cm³/mol. The van der Waals surface area contributed by atoms with Gasteiger partial charge in [-0.15, -0.1) is 0 Å². The van der Waals surface area contributed by atoms with Gasteiger partial charge >= 0.3 is 0 Å². The average Bonchev–Trinajstić information content (AvgIpc) is 3.53. The molecule has 4 saturated carbocycles. The molecule has 2 aliphatic heterocycles. The van der Waals surface area contributed by atoms with Crippen LogP contribution < -0.4 is 0 Å². The highest BCUT2D eigenvalue weighted by molar-refractivity contribution is 5.95. The van der Waals surface area contributed by atoms with E-state index in [1.54, 1.807) is 6.92 Å². The average molecular weight is 631 g/mol. The lowest BCUT2D eigenvalue weighted by molar-refractivity contribution is -0.215. The number of aliphatic hydroxyl groups excluding tert-OH is 1. The number of benzene rings is 1. The van der Waals surface area contributed by atoms with E-state index < -0.39 is 34.4 Å². The van der Waals surface area contributed by atoms with Gasteiger partial charge in [-0.2, -0.15) is 0 Å². The number of ether oxygens (including phenoxy) is 2. The SMILES string of the molecule is C[C@H]1[C@@H]([C@@H](O)[C@@](C)(O)[C@@H]2CC[C@]3(O)C4=CC(=O)[C@H]5C[C@]6(C=C[C@H](c7ccccc7)CO6)CC[C@]5(C)[C@@H]4[C@H]4CCC[C@]23C4)OC[C@H]1C. The van der Waals surface area contributed by atoms with Crippen LogP contribution in [-0.4, -0.2) is 63.3 Å². The summed E-state index contributed by atoms with van der Waals surface area (Å²) < 4.78 is 12.7. The van der Waals surface area contributed by atoms with E-state index >= 15 is 0 Å². The van der Waals surface area contributed by atoms with Gasteiger partial charge in [0.25, 0.3) is 0 Å². The normalized spacial score (nSPS) is 49.9. The Morgan fingerprint density at radius 2 is 1.80 bits per heavy atom. The van der Waals surface area contributed by atoms with E-state index in [1.807, 2.05) is 12.1 Å². The van der Waals surface area contributed by atoms with Crippen molar-refractivity contribution in [2.45, 2.75) is 120 Å². The van der Waals surface area contributed by atoms with Gasteiger partial charge in [-0.05, 0) is 111 Å². The third-order valence-electron chi connectivity index (χ3n) is 15.2. The number of aliphatic hydroxyl groups is 3. The van der Waals surface area contributed by atoms with Crippen LogP contribution in [0.15, 0.2) is 54.1 Å². The summed E-state index contributed by atoms with van der Waals surface area (Å²) in [7, 11) is 0. The van der Waals surface area contributed by atoms with Crippen molar-refractivity contribution in [1.82, 2.24) is 0 Å². The zero-order chi connectivity index (χ0) is 32.3. The number of ketones is 1. The van der Waals surface area contributed by atoms with E-state index in [0.29, 0.717) is 44.3 Å². The molecule has 14 atom stereocenters. The van der Waals surface area contributed by atoms with Crippen LogP contribution in [0.3, 0.4) is 0 Å². The number of hydrogen-bond acceptors (Lipinski definition) is 6. The van der Waals surface area contributed by atoms with Gasteiger partial charge in [-0.1, -0.05) is 69.7 Å². The lowest BCUT2D eigenvalue weighted by Crippen LogP contribution is -2.67. The minimum atomic E-state index is -1.41. The molecule has 0 aromatic heterocycles. The number of hydrogen-bond donors (Lipinski definition) is 3. The first kappa shape index (κ1) is 31.4. The number of allylic oxidation sites excluding steroid dienone is 1. The van der Waals surface area contributed by atoms with E-state index in [4.69, 9.17) is 9.47 Å². The third-order valence-corrected chi connectivity index (χ3v) is 15.2. The summed E-state index contributed by atoms with van der Waals surface area (Å²) in [4.78, 5) is 14.3. The van der Waals surface area contributed by atoms with Crippen LogP contribution in [0.5, 0.6) is 0 Å². The Labute approximate surface area is 274 Å². The molecule has 2 spiro atoms. The maximum absolute atomic E-state index is 14.3. The zero-order valence-corrected chi connectivity index (χ0v) is 28.2. The van der Waals surface area contributed by atoms with E-state index in [0.717, 1.165) is 44.1 Å². The number of rotatable bonds is 4. The molecule has 1 saturated heterocycles. The lowest BCUT2D eigenvalue weighted by Gasteiger charge is -2.66. The van der Waals surface area contributed by atoms with Crippen molar-refractivity contribution < 1.29 is 29.6 Å². The molecule has 0 unspecified atom stereocenters. The van der Waals surface area contributed by atoms with Crippen molar-refractivity contribution in [1.29, 1.82) is 0 Å². The molecular weight excluding hydrogens is 576 g/mol. The number of carbonyl (C=O) groups excluding carboxylic acids is 1. The topological polar surface area (TPSA) is 96.2 Å². The maximum atomic E-state index is 14.3. The van der Waals surface area contributed by atoms with Crippen molar-refractivity contribution in [2.24, 2.45) is 46.3 Å². The van der Waals surface area contributed by atoms with Crippen molar-refractivity contribution in [3.8, 4) is 0 Å². The molecule has 8 rings (SSSR count). The van der Waals surface area contributed by atoms with Crippen LogP contribution in [0.2, 0.25) is 0 Å². The second-order valence-corrected chi connectivity index (χ2v) is 17.3. The highest BCUT2D eigenvalue weighted by Crippen LogP contribution is 2.74. The molecule has 1 aromatic rings. The molecule has 2 bridgehead atoms. The van der Waals surface area contributed by atoms with Gasteiger partial charge in [0.05, 0.1) is 29.5 Å². The third kappa shape index (κ3) is 4.22. The molecule has 250 valence electrons. The van der Waals surface area contributed by atoms with Crippen LogP contribution >= 0.6 is 0 Å². The van der Waals surface area contributed by atoms with Crippen LogP contribution in [0.1, 0.15) is 97.0 Å². The molecule has 46 heavy (non-hydrogen) atoms.